The average molecular weight is 382 g/mol. The van der Waals surface area contributed by atoms with Crippen LogP contribution in [0.4, 0.5) is 10.5 Å². The Morgan fingerprint density at radius 1 is 1.26 bits per heavy atom. The number of anilines is 1. The van der Waals surface area contributed by atoms with E-state index < -0.39 is 0 Å². The Balaban J connectivity index is 1.41. The second-order valence-electron chi connectivity index (χ2n) is 7.69. The van der Waals surface area contributed by atoms with Gasteiger partial charge in [0.25, 0.3) is 0 Å². The van der Waals surface area contributed by atoms with Gasteiger partial charge in [-0.05, 0) is 29.2 Å². The molecular formula is C21H22N2O3S. The Hall–Kier alpha value is -2.60. The second kappa shape index (κ2) is 6.85. The Kier molecular flexibility index (Phi) is 4.52. The highest BCUT2D eigenvalue weighted by atomic mass is 32.1. The first-order valence-corrected chi connectivity index (χ1v) is 9.82. The molecule has 1 fully saturated rings. The molecule has 0 N–H and O–H groups in total. The Morgan fingerprint density at radius 3 is 2.78 bits per heavy atom. The highest BCUT2D eigenvalue weighted by molar-refractivity contribution is 7.17. The molecule has 0 bridgehead atoms. The largest absolute Gasteiger partial charge is 0.490 e. The summed E-state index contributed by atoms with van der Waals surface area (Å²) in [5, 5.41) is 2.99. The molecule has 1 amide bonds. The van der Waals surface area contributed by atoms with Gasteiger partial charge in [-0.2, -0.15) is 0 Å². The van der Waals surface area contributed by atoms with Gasteiger partial charge in [0, 0.05) is 23.2 Å². The van der Waals surface area contributed by atoms with Gasteiger partial charge in [0.05, 0.1) is 16.9 Å². The SMILES string of the molecule is CC(C)(C)c1ccc(OCC2CN(c3csc4cnccc34)C(=O)O2)cc1. The van der Waals surface area contributed by atoms with Gasteiger partial charge < -0.3 is 9.47 Å². The summed E-state index contributed by atoms with van der Waals surface area (Å²) in [7, 11) is 0. The number of hydrogen-bond donors (Lipinski definition) is 0. The number of nitrogens with zero attached hydrogens (tertiary/aromatic N) is 2. The maximum absolute atomic E-state index is 12.3. The second-order valence-corrected chi connectivity index (χ2v) is 8.61. The van der Waals surface area contributed by atoms with E-state index in [1.54, 1.807) is 22.4 Å². The summed E-state index contributed by atoms with van der Waals surface area (Å²) < 4.78 is 12.4. The Bertz CT molecular complexity index is 959. The third-order valence-electron chi connectivity index (χ3n) is 4.68. The molecule has 140 valence electrons. The summed E-state index contributed by atoms with van der Waals surface area (Å²) in [6.07, 6.45) is 2.92. The van der Waals surface area contributed by atoms with Crippen molar-refractivity contribution in [3.05, 3.63) is 53.7 Å². The summed E-state index contributed by atoms with van der Waals surface area (Å²) in [6, 6.07) is 10.0. The van der Waals surface area contributed by atoms with Crippen LogP contribution < -0.4 is 9.64 Å². The van der Waals surface area contributed by atoms with Gasteiger partial charge in [-0.15, -0.1) is 11.3 Å². The van der Waals surface area contributed by atoms with E-state index in [9.17, 15) is 4.79 Å². The number of aromatic nitrogens is 1. The molecule has 0 saturated carbocycles. The number of rotatable bonds is 4. The molecule has 1 atom stereocenters. The molecule has 0 radical (unpaired) electrons. The number of hydrogen-bond acceptors (Lipinski definition) is 5. The normalized spacial score (nSPS) is 17.4. The number of thiophene rings is 1. The lowest BCUT2D eigenvalue weighted by Gasteiger charge is -2.19. The summed E-state index contributed by atoms with van der Waals surface area (Å²) in [5.41, 5.74) is 2.24. The lowest BCUT2D eigenvalue weighted by molar-refractivity contribution is 0.105. The summed E-state index contributed by atoms with van der Waals surface area (Å²) in [6.45, 7) is 7.35. The van der Waals surface area contributed by atoms with Crippen molar-refractivity contribution in [2.45, 2.75) is 32.3 Å². The number of benzene rings is 1. The molecule has 27 heavy (non-hydrogen) atoms. The topological polar surface area (TPSA) is 51.7 Å². The lowest BCUT2D eigenvalue weighted by atomic mass is 9.87. The quantitative estimate of drug-likeness (QED) is 0.637. The van der Waals surface area contributed by atoms with Gasteiger partial charge in [0.1, 0.15) is 12.4 Å². The first kappa shape index (κ1) is 17.8. The number of amides is 1. The highest BCUT2D eigenvalue weighted by Crippen LogP contribution is 2.34. The highest BCUT2D eigenvalue weighted by Gasteiger charge is 2.34. The van der Waals surface area contributed by atoms with E-state index in [1.807, 2.05) is 29.8 Å². The first-order valence-electron chi connectivity index (χ1n) is 8.94. The predicted octanol–water partition coefficient (Wildman–Crippen LogP) is 5.00. The molecule has 1 unspecified atom stereocenters. The average Bonchev–Trinajstić information content (AvgIpc) is 3.22. The fourth-order valence-electron chi connectivity index (χ4n) is 3.12. The molecule has 4 rings (SSSR count). The number of fused-ring (bicyclic) bond motifs is 1. The molecule has 1 aliphatic rings. The fourth-order valence-corrected chi connectivity index (χ4v) is 4.04. The summed E-state index contributed by atoms with van der Waals surface area (Å²) >= 11 is 1.57. The molecule has 0 aliphatic carbocycles. The van der Waals surface area contributed by atoms with E-state index in [-0.39, 0.29) is 17.6 Å². The number of pyridine rings is 1. The van der Waals surface area contributed by atoms with Crippen LogP contribution in [-0.4, -0.2) is 30.3 Å². The molecule has 1 aliphatic heterocycles. The molecule has 2 aromatic heterocycles. The Labute approximate surface area is 162 Å². The third kappa shape index (κ3) is 3.62. The van der Waals surface area contributed by atoms with Crippen molar-refractivity contribution in [1.29, 1.82) is 0 Å². The van der Waals surface area contributed by atoms with Crippen molar-refractivity contribution in [3.63, 3.8) is 0 Å². The van der Waals surface area contributed by atoms with Crippen LogP contribution in [0.15, 0.2) is 48.1 Å². The van der Waals surface area contributed by atoms with Crippen LogP contribution in [0.5, 0.6) is 5.75 Å². The van der Waals surface area contributed by atoms with Crippen molar-refractivity contribution in [3.8, 4) is 5.75 Å². The number of cyclic esters (lactones) is 1. The summed E-state index contributed by atoms with van der Waals surface area (Å²) in [4.78, 5) is 18.1. The smallest absolute Gasteiger partial charge is 0.414 e. The third-order valence-corrected chi connectivity index (χ3v) is 5.60. The minimum Gasteiger partial charge on any atom is -0.490 e. The number of carbonyl (C=O) groups excluding carboxylic acids is 1. The van der Waals surface area contributed by atoms with Crippen molar-refractivity contribution in [2.24, 2.45) is 0 Å². The van der Waals surface area contributed by atoms with Crippen LogP contribution in [-0.2, 0) is 10.2 Å². The molecule has 1 saturated heterocycles. The Morgan fingerprint density at radius 2 is 2.04 bits per heavy atom. The molecule has 5 nitrogen and oxygen atoms in total. The molecule has 3 aromatic rings. The van der Waals surface area contributed by atoms with E-state index in [0.29, 0.717) is 13.2 Å². The van der Waals surface area contributed by atoms with Gasteiger partial charge in [0.2, 0.25) is 0 Å². The zero-order valence-corrected chi connectivity index (χ0v) is 16.5. The maximum atomic E-state index is 12.3. The van der Waals surface area contributed by atoms with Gasteiger partial charge >= 0.3 is 6.09 Å². The molecule has 6 heteroatoms. The monoisotopic (exact) mass is 382 g/mol. The standard InChI is InChI=1S/C21H22N2O3S/c1-21(2,3)14-4-6-15(7-5-14)25-12-16-11-23(20(24)26-16)18-13-27-19-10-22-9-8-17(18)19/h4-10,13,16H,11-12H2,1-3H3. The van der Waals surface area contributed by atoms with E-state index in [0.717, 1.165) is 21.5 Å². The van der Waals surface area contributed by atoms with Crippen LogP contribution in [0.1, 0.15) is 26.3 Å². The molecule has 3 heterocycles. The zero-order valence-electron chi connectivity index (χ0n) is 15.6. The fraction of sp³-hybridized carbons (Fsp3) is 0.333. The predicted molar refractivity (Wildman–Crippen MR) is 108 cm³/mol. The van der Waals surface area contributed by atoms with E-state index in [4.69, 9.17) is 9.47 Å². The minimum atomic E-state index is -0.330. The lowest BCUT2D eigenvalue weighted by Crippen LogP contribution is -2.26. The van der Waals surface area contributed by atoms with Gasteiger partial charge in [0.15, 0.2) is 6.10 Å². The van der Waals surface area contributed by atoms with E-state index in [2.05, 4.69) is 37.9 Å². The molecular weight excluding hydrogens is 360 g/mol. The van der Waals surface area contributed by atoms with Crippen LogP contribution >= 0.6 is 11.3 Å². The maximum Gasteiger partial charge on any atom is 0.414 e. The first-order chi connectivity index (χ1) is 12.9. The van der Waals surface area contributed by atoms with E-state index in [1.165, 1.54) is 5.56 Å². The van der Waals surface area contributed by atoms with Crippen LogP contribution in [0.25, 0.3) is 10.1 Å². The van der Waals surface area contributed by atoms with Gasteiger partial charge in [-0.25, -0.2) is 4.79 Å². The van der Waals surface area contributed by atoms with Crippen molar-refractivity contribution < 1.29 is 14.3 Å². The van der Waals surface area contributed by atoms with Gasteiger partial charge in [-0.3, -0.25) is 9.88 Å². The van der Waals surface area contributed by atoms with Crippen molar-refractivity contribution in [2.75, 3.05) is 18.1 Å². The minimum absolute atomic E-state index is 0.110. The van der Waals surface area contributed by atoms with Gasteiger partial charge in [-0.1, -0.05) is 32.9 Å². The van der Waals surface area contributed by atoms with Crippen molar-refractivity contribution in [1.82, 2.24) is 4.98 Å². The van der Waals surface area contributed by atoms with Crippen LogP contribution in [0.3, 0.4) is 0 Å². The van der Waals surface area contributed by atoms with Crippen LogP contribution in [0.2, 0.25) is 0 Å². The number of carbonyl (C=O) groups is 1. The summed E-state index contributed by atoms with van der Waals surface area (Å²) in [5.74, 6) is 0.782. The molecule has 1 aromatic carbocycles. The van der Waals surface area contributed by atoms with Crippen molar-refractivity contribution >= 4 is 33.2 Å². The number of ether oxygens (including phenoxy) is 2. The zero-order chi connectivity index (χ0) is 19.0. The molecule has 0 spiro atoms. The van der Waals surface area contributed by atoms with Crippen LogP contribution in [0, 0.1) is 0 Å². The van der Waals surface area contributed by atoms with E-state index >= 15 is 0 Å².